The Morgan fingerprint density at radius 3 is 2.64 bits per heavy atom. The number of thiophene rings is 1. The van der Waals surface area contributed by atoms with Gasteiger partial charge in [0.2, 0.25) is 0 Å². The van der Waals surface area contributed by atoms with E-state index < -0.39 is 0 Å². The van der Waals surface area contributed by atoms with Gasteiger partial charge in [0.25, 0.3) is 0 Å². The zero-order valence-corrected chi connectivity index (χ0v) is 19.6. The number of carbonyl (C=O) groups excluding carboxylic acids is 1. The second-order valence-corrected chi connectivity index (χ2v) is 8.80. The molecule has 0 saturated heterocycles. The van der Waals surface area contributed by atoms with Gasteiger partial charge in [-0.05, 0) is 51.1 Å². The van der Waals surface area contributed by atoms with Gasteiger partial charge in [-0.1, -0.05) is 6.07 Å². The van der Waals surface area contributed by atoms with Crippen LogP contribution in [0.25, 0.3) is 27.0 Å². The molecule has 8 heteroatoms. The quantitative estimate of drug-likeness (QED) is 0.212. The van der Waals surface area contributed by atoms with Crippen molar-refractivity contribution in [3.8, 4) is 10.4 Å². The molecule has 0 aliphatic rings. The fourth-order valence-corrected chi connectivity index (χ4v) is 4.86. The van der Waals surface area contributed by atoms with E-state index in [0.29, 0.717) is 16.0 Å². The van der Waals surface area contributed by atoms with Crippen molar-refractivity contribution in [2.45, 2.75) is 26.8 Å². The Balaban J connectivity index is 1.95. The van der Waals surface area contributed by atoms with Crippen molar-refractivity contribution in [3.05, 3.63) is 76.9 Å². The maximum Gasteiger partial charge on any atom is 0.348 e. The summed E-state index contributed by atoms with van der Waals surface area (Å²) in [7, 11) is 1.37. The number of pyridine rings is 2. The van der Waals surface area contributed by atoms with E-state index in [-0.39, 0.29) is 23.5 Å². The highest BCUT2D eigenvalue weighted by molar-refractivity contribution is 7.17. The molecular formula is C25H24N4O3S. The molecule has 0 spiro atoms. The molecule has 0 radical (unpaired) electrons. The molecule has 0 fully saturated rings. The summed E-state index contributed by atoms with van der Waals surface area (Å²) in [6.07, 6.45) is 5.45. The van der Waals surface area contributed by atoms with Crippen LogP contribution in [0.2, 0.25) is 0 Å². The van der Waals surface area contributed by atoms with Crippen molar-refractivity contribution in [2.24, 2.45) is 0 Å². The summed E-state index contributed by atoms with van der Waals surface area (Å²) in [5.74, 6) is -0.303. The predicted octanol–water partition coefficient (Wildman–Crippen LogP) is 5.88. The number of nitrogens with zero attached hydrogens (tertiary/aromatic N) is 3. The summed E-state index contributed by atoms with van der Waals surface area (Å²) >= 11 is 1.35. The minimum atomic E-state index is -0.373. The Labute approximate surface area is 195 Å². The number of rotatable bonds is 6. The highest BCUT2D eigenvalue weighted by Crippen LogP contribution is 2.37. The first kappa shape index (κ1) is 22.4. The molecular weight excluding hydrogens is 436 g/mol. The van der Waals surface area contributed by atoms with Crippen molar-refractivity contribution < 1.29 is 14.6 Å². The lowest BCUT2D eigenvalue weighted by atomic mass is 10.0. The van der Waals surface area contributed by atoms with Gasteiger partial charge in [0.15, 0.2) is 0 Å². The molecule has 0 aromatic carbocycles. The second-order valence-electron chi connectivity index (χ2n) is 7.71. The normalized spacial score (nSPS) is 13.0. The number of hydrogen-bond acceptors (Lipinski definition) is 7. The third-order valence-corrected chi connectivity index (χ3v) is 6.58. The van der Waals surface area contributed by atoms with E-state index >= 15 is 0 Å². The number of nitrogens with one attached hydrogen (secondary N) is 1. The summed E-state index contributed by atoms with van der Waals surface area (Å²) in [5.41, 5.74) is 4.76. The molecule has 0 aliphatic carbocycles. The number of hydrogen-bond donors (Lipinski definition) is 2. The van der Waals surface area contributed by atoms with Crippen molar-refractivity contribution in [1.29, 1.82) is 5.41 Å². The van der Waals surface area contributed by atoms with Crippen LogP contribution in [0, 0.1) is 5.41 Å². The van der Waals surface area contributed by atoms with Gasteiger partial charge in [0, 0.05) is 45.9 Å². The lowest BCUT2D eigenvalue weighted by Crippen LogP contribution is -2.07. The SMILES string of the molecule is COC(=O)c1ccc(-c2cn([C@@H](C)c3ccccn3)c3cc(/C(C(C)=N)=C(\C)O)cnc23)s1. The number of fused-ring (bicyclic) bond motifs is 1. The lowest BCUT2D eigenvalue weighted by Gasteiger charge is -2.15. The Bertz CT molecular complexity index is 1380. The highest BCUT2D eigenvalue weighted by Gasteiger charge is 2.21. The summed E-state index contributed by atoms with van der Waals surface area (Å²) in [5, 5.41) is 18.3. The van der Waals surface area contributed by atoms with Crippen LogP contribution in [0.1, 0.15) is 47.7 Å². The van der Waals surface area contributed by atoms with Gasteiger partial charge in [0.05, 0.1) is 35.6 Å². The fraction of sp³-hybridized carbons (Fsp3) is 0.200. The number of methoxy groups -OCH3 is 1. The predicted molar refractivity (Wildman–Crippen MR) is 131 cm³/mol. The van der Waals surface area contributed by atoms with E-state index in [1.54, 1.807) is 32.3 Å². The first-order valence-corrected chi connectivity index (χ1v) is 11.2. The van der Waals surface area contributed by atoms with E-state index in [2.05, 4.69) is 16.5 Å². The van der Waals surface area contributed by atoms with Gasteiger partial charge in [-0.25, -0.2) is 4.79 Å². The summed E-state index contributed by atoms with van der Waals surface area (Å²) in [6, 6.07) is 11.3. The first-order valence-electron chi connectivity index (χ1n) is 10.4. The molecule has 4 aromatic rings. The topological polar surface area (TPSA) is 101 Å². The minimum Gasteiger partial charge on any atom is -0.512 e. The number of allylic oxidation sites excluding steroid dienone is 2. The van der Waals surface area contributed by atoms with Gasteiger partial charge in [0.1, 0.15) is 4.88 Å². The zero-order chi connectivity index (χ0) is 23.7. The van der Waals surface area contributed by atoms with Crippen LogP contribution in [0.4, 0.5) is 0 Å². The Morgan fingerprint density at radius 2 is 2.00 bits per heavy atom. The van der Waals surface area contributed by atoms with Crippen molar-refractivity contribution in [1.82, 2.24) is 14.5 Å². The standard InChI is InChI=1S/C25H24N4O3S/c1-14(26)23(16(3)30)17-11-20-24(28-12-17)18(21-8-9-22(33-21)25(31)32-4)13-29(20)15(2)19-7-5-6-10-27-19/h5-13,15,26,30H,1-4H3/b23-16+,26-14?/t15-/m0/s1. The molecule has 0 aliphatic heterocycles. The maximum absolute atomic E-state index is 12.0. The van der Waals surface area contributed by atoms with Crippen molar-refractivity contribution >= 4 is 39.6 Å². The number of aliphatic hydroxyl groups is 1. The molecule has 2 N–H and O–H groups in total. The first-order chi connectivity index (χ1) is 15.8. The average molecular weight is 461 g/mol. The van der Waals surface area contributed by atoms with Gasteiger partial charge in [-0.2, -0.15) is 0 Å². The third kappa shape index (κ3) is 4.17. The van der Waals surface area contributed by atoms with Crippen LogP contribution in [0.3, 0.4) is 0 Å². The molecule has 0 bridgehead atoms. The molecule has 0 amide bonds. The number of aliphatic hydroxyl groups excluding tert-OH is 1. The largest absolute Gasteiger partial charge is 0.512 e. The number of esters is 1. The summed E-state index contributed by atoms with van der Waals surface area (Å²) in [4.78, 5) is 22.6. The van der Waals surface area contributed by atoms with Gasteiger partial charge < -0.3 is 19.8 Å². The molecule has 0 unspecified atom stereocenters. The van der Waals surface area contributed by atoms with Crippen LogP contribution in [-0.2, 0) is 4.74 Å². The summed E-state index contributed by atoms with van der Waals surface area (Å²) < 4.78 is 6.94. The fourth-order valence-electron chi connectivity index (χ4n) is 3.92. The van der Waals surface area contributed by atoms with Crippen molar-refractivity contribution in [2.75, 3.05) is 7.11 Å². The van der Waals surface area contributed by atoms with E-state index in [4.69, 9.17) is 15.1 Å². The average Bonchev–Trinajstić information content (AvgIpc) is 3.43. The van der Waals surface area contributed by atoms with Gasteiger partial charge in [-0.3, -0.25) is 9.97 Å². The molecule has 4 rings (SSSR count). The number of aromatic nitrogens is 3. The maximum atomic E-state index is 12.0. The number of ether oxygens (including phenoxy) is 1. The smallest absolute Gasteiger partial charge is 0.348 e. The molecule has 7 nitrogen and oxygen atoms in total. The van der Waals surface area contributed by atoms with E-state index in [1.165, 1.54) is 18.4 Å². The van der Waals surface area contributed by atoms with E-state index in [0.717, 1.165) is 27.2 Å². The zero-order valence-electron chi connectivity index (χ0n) is 18.8. The second kappa shape index (κ2) is 8.99. The third-order valence-electron chi connectivity index (χ3n) is 5.49. The Morgan fingerprint density at radius 1 is 1.21 bits per heavy atom. The molecule has 168 valence electrons. The van der Waals surface area contributed by atoms with Crippen LogP contribution in [0.5, 0.6) is 0 Å². The highest BCUT2D eigenvalue weighted by atomic mass is 32.1. The Kier molecular flexibility index (Phi) is 6.11. The molecule has 1 atom stereocenters. The van der Waals surface area contributed by atoms with E-state index in [1.807, 2.05) is 36.5 Å². The number of carbonyl (C=O) groups is 1. The monoisotopic (exact) mass is 460 g/mol. The van der Waals surface area contributed by atoms with Crippen LogP contribution in [0.15, 0.2) is 60.7 Å². The van der Waals surface area contributed by atoms with Gasteiger partial charge in [-0.15, -0.1) is 11.3 Å². The molecule has 33 heavy (non-hydrogen) atoms. The van der Waals surface area contributed by atoms with Crippen molar-refractivity contribution in [3.63, 3.8) is 0 Å². The minimum absolute atomic E-state index is 0.0701. The molecule has 0 saturated carbocycles. The summed E-state index contributed by atoms with van der Waals surface area (Å²) in [6.45, 7) is 5.27. The van der Waals surface area contributed by atoms with E-state index in [9.17, 15) is 9.90 Å². The molecule has 4 heterocycles. The van der Waals surface area contributed by atoms with Crippen LogP contribution >= 0.6 is 11.3 Å². The Hall–Kier alpha value is -3.78. The van der Waals surface area contributed by atoms with Crippen LogP contribution < -0.4 is 0 Å². The van der Waals surface area contributed by atoms with Crippen LogP contribution in [-0.4, -0.2) is 38.4 Å². The lowest BCUT2D eigenvalue weighted by molar-refractivity contribution is 0.0606. The molecule has 4 aromatic heterocycles. The van der Waals surface area contributed by atoms with Gasteiger partial charge >= 0.3 is 5.97 Å².